The van der Waals surface area contributed by atoms with Crippen LogP contribution in [0.4, 0.5) is 5.69 Å². The molecule has 7 nitrogen and oxygen atoms in total. The zero-order chi connectivity index (χ0) is 19.5. The summed E-state index contributed by atoms with van der Waals surface area (Å²) in [5.41, 5.74) is 1.87. The number of aliphatic imine (C=N–C) groups is 1. The molecule has 1 heterocycles. The number of nitrogens with zero attached hydrogens (tertiary/aromatic N) is 2. The third kappa shape index (κ3) is 9.53. The van der Waals surface area contributed by atoms with Crippen molar-refractivity contribution in [3.05, 3.63) is 28.2 Å². The van der Waals surface area contributed by atoms with Crippen LogP contribution in [0.15, 0.2) is 27.7 Å². The van der Waals surface area contributed by atoms with Crippen molar-refractivity contribution < 1.29 is 9.53 Å². The third-order valence-electron chi connectivity index (χ3n) is 4.25. The summed E-state index contributed by atoms with van der Waals surface area (Å²) < 4.78 is 6.30. The van der Waals surface area contributed by atoms with Gasteiger partial charge in [0.25, 0.3) is 0 Å². The van der Waals surface area contributed by atoms with Crippen molar-refractivity contribution in [1.29, 1.82) is 0 Å². The number of hydrogen-bond donors (Lipinski definition) is 3. The molecule has 0 atom stereocenters. The number of amides is 1. The van der Waals surface area contributed by atoms with Crippen LogP contribution in [0.5, 0.6) is 0 Å². The van der Waals surface area contributed by atoms with E-state index in [2.05, 4.69) is 41.8 Å². The van der Waals surface area contributed by atoms with Gasteiger partial charge in [0.15, 0.2) is 5.96 Å². The van der Waals surface area contributed by atoms with Crippen LogP contribution in [-0.2, 0) is 9.53 Å². The van der Waals surface area contributed by atoms with Crippen LogP contribution >= 0.6 is 39.9 Å². The highest BCUT2D eigenvalue weighted by atomic mass is 127. The maximum atomic E-state index is 12.2. The fraction of sp³-hybridized carbons (Fsp3) is 0.579. The Kier molecular flexibility index (Phi) is 12.7. The Morgan fingerprint density at radius 1 is 1.29 bits per heavy atom. The Balaban J connectivity index is 0.00000392. The number of morpholine rings is 1. The largest absolute Gasteiger partial charge is 0.379 e. The van der Waals surface area contributed by atoms with Crippen molar-refractivity contribution >= 4 is 57.5 Å². The van der Waals surface area contributed by atoms with Gasteiger partial charge in [0.2, 0.25) is 5.91 Å². The van der Waals surface area contributed by atoms with Crippen LogP contribution in [-0.4, -0.2) is 69.2 Å². The van der Waals surface area contributed by atoms with Crippen LogP contribution in [0.3, 0.4) is 0 Å². The standard InChI is InChI=1S/C19H30BrN5O2.HI/c1-3-21-19(23-8-9-25-10-12-27-13-11-25)22-7-6-18(26)24-17-14-16(20)5-4-15(17)2;/h4-5,14H,3,6-13H2,1-2H3,(H,24,26)(H2,21,22,23);1H. The van der Waals surface area contributed by atoms with Gasteiger partial charge >= 0.3 is 0 Å². The molecule has 9 heteroatoms. The van der Waals surface area contributed by atoms with Crippen molar-refractivity contribution in [1.82, 2.24) is 15.5 Å². The van der Waals surface area contributed by atoms with Gasteiger partial charge in [-0.3, -0.25) is 14.7 Å². The summed E-state index contributed by atoms with van der Waals surface area (Å²) in [6.07, 6.45) is 0.375. The number of guanidine groups is 1. The molecule has 2 rings (SSSR count). The van der Waals surface area contributed by atoms with Gasteiger partial charge in [-0.05, 0) is 31.5 Å². The van der Waals surface area contributed by atoms with E-state index < -0.39 is 0 Å². The SMILES string of the molecule is CCNC(=NCCN1CCOCC1)NCCC(=O)Nc1cc(Br)ccc1C.I. The predicted molar refractivity (Wildman–Crippen MR) is 129 cm³/mol. The molecular weight excluding hydrogens is 537 g/mol. The normalized spacial score (nSPS) is 14.9. The molecule has 0 bridgehead atoms. The van der Waals surface area contributed by atoms with Crippen molar-refractivity contribution in [3.8, 4) is 0 Å². The first-order valence-corrected chi connectivity index (χ1v) is 10.3. The van der Waals surface area contributed by atoms with E-state index in [9.17, 15) is 4.79 Å². The topological polar surface area (TPSA) is 78.0 Å². The number of anilines is 1. The molecule has 0 spiro atoms. The van der Waals surface area contributed by atoms with Gasteiger partial charge in [-0.15, -0.1) is 24.0 Å². The molecule has 0 aliphatic carbocycles. The van der Waals surface area contributed by atoms with E-state index in [1.165, 1.54) is 0 Å². The van der Waals surface area contributed by atoms with Gasteiger partial charge in [0.1, 0.15) is 0 Å². The van der Waals surface area contributed by atoms with E-state index in [0.29, 0.717) is 13.0 Å². The molecule has 1 aliphatic heterocycles. The van der Waals surface area contributed by atoms with Crippen LogP contribution in [0.1, 0.15) is 18.9 Å². The van der Waals surface area contributed by atoms with Crippen molar-refractivity contribution in [2.45, 2.75) is 20.3 Å². The molecule has 1 aliphatic rings. The molecule has 1 fully saturated rings. The molecule has 1 saturated heterocycles. The van der Waals surface area contributed by atoms with E-state index >= 15 is 0 Å². The number of ether oxygens (including phenoxy) is 1. The first-order valence-electron chi connectivity index (χ1n) is 9.46. The van der Waals surface area contributed by atoms with Crippen molar-refractivity contribution in [3.63, 3.8) is 0 Å². The number of rotatable bonds is 8. The average Bonchev–Trinajstić information content (AvgIpc) is 2.65. The number of carbonyl (C=O) groups excluding carboxylic acids is 1. The zero-order valence-electron chi connectivity index (χ0n) is 16.6. The van der Waals surface area contributed by atoms with E-state index in [4.69, 9.17) is 4.74 Å². The molecule has 158 valence electrons. The molecule has 0 unspecified atom stereocenters. The molecule has 0 radical (unpaired) electrons. The van der Waals surface area contributed by atoms with Crippen LogP contribution in [0, 0.1) is 6.92 Å². The summed E-state index contributed by atoms with van der Waals surface area (Å²) in [5.74, 6) is 0.727. The Labute approximate surface area is 193 Å². The molecule has 1 aromatic rings. The first kappa shape index (κ1) is 25.1. The molecular formula is C19H31BrIN5O2. The maximum Gasteiger partial charge on any atom is 0.226 e. The third-order valence-corrected chi connectivity index (χ3v) is 4.75. The quantitative estimate of drug-likeness (QED) is 0.256. The summed E-state index contributed by atoms with van der Waals surface area (Å²) in [7, 11) is 0. The lowest BCUT2D eigenvalue weighted by Crippen LogP contribution is -2.40. The summed E-state index contributed by atoms with van der Waals surface area (Å²) >= 11 is 3.43. The van der Waals surface area contributed by atoms with Crippen LogP contribution < -0.4 is 16.0 Å². The monoisotopic (exact) mass is 567 g/mol. The lowest BCUT2D eigenvalue weighted by atomic mass is 10.2. The second-order valence-corrected chi connectivity index (χ2v) is 7.31. The Morgan fingerprint density at radius 2 is 2.04 bits per heavy atom. The highest BCUT2D eigenvalue weighted by Crippen LogP contribution is 2.20. The number of halogens is 2. The number of nitrogens with one attached hydrogen (secondary N) is 3. The Morgan fingerprint density at radius 3 is 2.75 bits per heavy atom. The minimum Gasteiger partial charge on any atom is -0.379 e. The smallest absolute Gasteiger partial charge is 0.226 e. The first-order chi connectivity index (χ1) is 13.1. The summed E-state index contributed by atoms with van der Waals surface area (Å²) in [4.78, 5) is 19.1. The highest BCUT2D eigenvalue weighted by molar-refractivity contribution is 14.0. The minimum absolute atomic E-state index is 0. The molecule has 3 N–H and O–H groups in total. The van der Waals surface area contributed by atoms with Gasteiger partial charge < -0.3 is 20.7 Å². The Hall–Kier alpha value is -0.910. The molecule has 1 aromatic carbocycles. The van der Waals surface area contributed by atoms with E-state index in [0.717, 1.165) is 67.6 Å². The van der Waals surface area contributed by atoms with Gasteiger partial charge in [0.05, 0.1) is 19.8 Å². The molecule has 1 amide bonds. The zero-order valence-corrected chi connectivity index (χ0v) is 20.5. The molecule has 28 heavy (non-hydrogen) atoms. The average molecular weight is 568 g/mol. The highest BCUT2D eigenvalue weighted by Gasteiger charge is 2.09. The van der Waals surface area contributed by atoms with Crippen LogP contribution in [0.2, 0.25) is 0 Å². The summed E-state index contributed by atoms with van der Waals surface area (Å²) in [6, 6.07) is 5.85. The summed E-state index contributed by atoms with van der Waals surface area (Å²) in [6.45, 7) is 10.5. The minimum atomic E-state index is -0.0205. The fourth-order valence-electron chi connectivity index (χ4n) is 2.71. The van der Waals surface area contributed by atoms with Crippen molar-refractivity contribution in [2.75, 3.05) is 57.8 Å². The lowest BCUT2D eigenvalue weighted by molar-refractivity contribution is -0.116. The number of aryl methyl sites for hydroxylation is 1. The number of carbonyl (C=O) groups is 1. The van der Waals surface area contributed by atoms with Crippen LogP contribution in [0.25, 0.3) is 0 Å². The summed E-state index contributed by atoms with van der Waals surface area (Å²) in [5, 5.41) is 9.40. The van der Waals surface area contributed by atoms with Gasteiger partial charge in [0, 0.05) is 49.3 Å². The molecule has 0 aromatic heterocycles. The second-order valence-electron chi connectivity index (χ2n) is 6.40. The van der Waals surface area contributed by atoms with E-state index in [-0.39, 0.29) is 29.9 Å². The van der Waals surface area contributed by atoms with Gasteiger partial charge in [-0.2, -0.15) is 0 Å². The number of benzene rings is 1. The number of hydrogen-bond acceptors (Lipinski definition) is 4. The maximum absolute atomic E-state index is 12.2. The Bertz CT molecular complexity index is 639. The van der Waals surface area contributed by atoms with Gasteiger partial charge in [-0.1, -0.05) is 22.0 Å². The van der Waals surface area contributed by atoms with E-state index in [1.807, 2.05) is 32.0 Å². The molecule has 0 saturated carbocycles. The fourth-order valence-corrected chi connectivity index (χ4v) is 3.07. The predicted octanol–water partition coefficient (Wildman–Crippen LogP) is 2.59. The van der Waals surface area contributed by atoms with Gasteiger partial charge in [-0.25, -0.2) is 0 Å². The van der Waals surface area contributed by atoms with Crippen molar-refractivity contribution in [2.24, 2.45) is 4.99 Å². The second kappa shape index (κ2) is 14.1. The van der Waals surface area contributed by atoms with E-state index in [1.54, 1.807) is 0 Å². The lowest BCUT2D eigenvalue weighted by Gasteiger charge is -2.25.